The highest BCUT2D eigenvalue weighted by atomic mass is 32.2. The van der Waals surface area contributed by atoms with Gasteiger partial charge in [-0.1, -0.05) is 30.3 Å². The molecule has 1 fully saturated rings. The lowest BCUT2D eigenvalue weighted by atomic mass is 10.1. The second kappa shape index (κ2) is 5.51. The molecule has 2 atom stereocenters. The second-order valence-corrected chi connectivity index (χ2v) is 7.68. The predicted molar refractivity (Wildman–Crippen MR) is 74.9 cm³/mol. The van der Waals surface area contributed by atoms with E-state index in [9.17, 15) is 9.32 Å². The van der Waals surface area contributed by atoms with Crippen molar-refractivity contribution in [3.8, 4) is 0 Å². The first-order valence-corrected chi connectivity index (χ1v) is 7.65. The normalized spacial score (nSPS) is 25.8. The van der Waals surface area contributed by atoms with Crippen LogP contribution in [0.5, 0.6) is 0 Å². The van der Waals surface area contributed by atoms with Crippen LogP contribution >= 0.6 is 0 Å². The Hall–Kier alpha value is -0.710. The second-order valence-electron chi connectivity index (χ2n) is 5.47. The zero-order chi connectivity index (χ0) is 13.2. The van der Waals surface area contributed by atoms with Gasteiger partial charge in [0.15, 0.2) is 0 Å². The summed E-state index contributed by atoms with van der Waals surface area (Å²) in [6, 6.07) is 9.71. The van der Waals surface area contributed by atoms with Crippen molar-refractivity contribution >= 4 is 10.8 Å². The lowest BCUT2D eigenvalue weighted by Crippen LogP contribution is -2.50. The zero-order valence-electron chi connectivity index (χ0n) is 11.0. The minimum absolute atomic E-state index is 0.172. The summed E-state index contributed by atoms with van der Waals surface area (Å²) in [6.45, 7) is 6.27. The van der Waals surface area contributed by atoms with Crippen molar-refractivity contribution in [2.75, 3.05) is 25.4 Å². The van der Waals surface area contributed by atoms with Gasteiger partial charge in [-0.05, 0) is 19.4 Å². The molecule has 1 aromatic rings. The molecule has 0 aromatic heterocycles. The van der Waals surface area contributed by atoms with Crippen LogP contribution in [-0.4, -0.2) is 44.3 Å². The summed E-state index contributed by atoms with van der Waals surface area (Å²) in [4.78, 5) is 2.21. The van der Waals surface area contributed by atoms with Gasteiger partial charge in [0.2, 0.25) is 0 Å². The minimum Gasteiger partial charge on any atom is -0.387 e. The average Bonchev–Trinajstić information content (AvgIpc) is 2.34. The average molecular weight is 267 g/mol. The summed E-state index contributed by atoms with van der Waals surface area (Å²) in [7, 11) is -0.754. The summed E-state index contributed by atoms with van der Waals surface area (Å²) in [5, 5.41) is 10.2. The van der Waals surface area contributed by atoms with Crippen LogP contribution in [0.3, 0.4) is 0 Å². The van der Waals surface area contributed by atoms with E-state index in [-0.39, 0.29) is 4.75 Å². The van der Waals surface area contributed by atoms with Crippen molar-refractivity contribution in [3.63, 3.8) is 0 Å². The fourth-order valence-corrected chi connectivity index (χ4v) is 3.66. The third-order valence-electron chi connectivity index (χ3n) is 3.43. The van der Waals surface area contributed by atoms with E-state index in [4.69, 9.17) is 0 Å². The lowest BCUT2D eigenvalue weighted by Gasteiger charge is -2.38. The molecule has 100 valence electrons. The zero-order valence-corrected chi connectivity index (χ0v) is 11.8. The first kappa shape index (κ1) is 13.7. The highest BCUT2D eigenvalue weighted by Crippen LogP contribution is 2.22. The Morgan fingerprint density at radius 2 is 2.06 bits per heavy atom. The maximum atomic E-state index is 11.8. The third-order valence-corrected chi connectivity index (χ3v) is 5.34. The Morgan fingerprint density at radius 3 is 2.67 bits per heavy atom. The molecule has 0 saturated carbocycles. The topological polar surface area (TPSA) is 40.5 Å². The minimum atomic E-state index is -0.754. The Bertz CT molecular complexity index is 419. The van der Waals surface area contributed by atoms with Crippen LogP contribution in [0.1, 0.15) is 25.5 Å². The van der Waals surface area contributed by atoms with Gasteiger partial charge in [-0.15, -0.1) is 0 Å². The van der Waals surface area contributed by atoms with Gasteiger partial charge in [-0.2, -0.15) is 0 Å². The molecule has 1 aromatic carbocycles. The fourth-order valence-electron chi connectivity index (χ4n) is 2.36. The molecule has 1 aliphatic heterocycles. The summed E-state index contributed by atoms with van der Waals surface area (Å²) in [6.07, 6.45) is -0.464. The molecule has 0 bridgehead atoms. The highest BCUT2D eigenvalue weighted by Gasteiger charge is 2.33. The molecule has 0 amide bonds. The number of aliphatic hydroxyl groups is 1. The molecular weight excluding hydrogens is 246 g/mol. The van der Waals surface area contributed by atoms with Crippen molar-refractivity contribution in [2.45, 2.75) is 24.7 Å². The van der Waals surface area contributed by atoms with Crippen molar-refractivity contribution in [2.24, 2.45) is 0 Å². The van der Waals surface area contributed by atoms with E-state index in [1.54, 1.807) is 0 Å². The number of β-amino-alcohol motifs (C(OH)–C–C–N with tert-alkyl or cyclic N) is 1. The van der Waals surface area contributed by atoms with Crippen molar-refractivity contribution in [3.05, 3.63) is 35.9 Å². The third kappa shape index (κ3) is 3.19. The molecular formula is C14H21NO2S. The lowest BCUT2D eigenvalue weighted by molar-refractivity contribution is 0.109. The number of benzene rings is 1. The number of nitrogens with zero attached hydrogens (tertiary/aromatic N) is 1. The van der Waals surface area contributed by atoms with Crippen molar-refractivity contribution in [1.29, 1.82) is 0 Å². The van der Waals surface area contributed by atoms with E-state index in [0.29, 0.717) is 12.3 Å². The molecule has 4 heteroatoms. The summed E-state index contributed by atoms with van der Waals surface area (Å²) < 4.78 is 11.7. The van der Waals surface area contributed by atoms with Gasteiger partial charge < -0.3 is 5.11 Å². The van der Waals surface area contributed by atoms with Crippen LogP contribution in [0.15, 0.2) is 30.3 Å². The predicted octanol–water partition coefficient (Wildman–Crippen LogP) is 1.56. The Balaban J connectivity index is 1.96. The maximum Gasteiger partial charge on any atom is 0.0916 e. The molecule has 1 aliphatic rings. The van der Waals surface area contributed by atoms with Crippen LogP contribution in [-0.2, 0) is 10.8 Å². The van der Waals surface area contributed by atoms with Crippen LogP contribution in [0.4, 0.5) is 0 Å². The van der Waals surface area contributed by atoms with E-state index < -0.39 is 16.9 Å². The van der Waals surface area contributed by atoms with Gasteiger partial charge in [0.05, 0.1) is 10.9 Å². The number of hydrogen-bond acceptors (Lipinski definition) is 3. The van der Waals surface area contributed by atoms with E-state index in [1.165, 1.54) is 0 Å². The number of aliphatic hydroxyl groups excluding tert-OH is 1. The van der Waals surface area contributed by atoms with Gasteiger partial charge >= 0.3 is 0 Å². The monoisotopic (exact) mass is 267 g/mol. The van der Waals surface area contributed by atoms with Crippen molar-refractivity contribution < 1.29 is 9.32 Å². The van der Waals surface area contributed by atoms with Crippen LogP contribution < -0.4 is 0 Å². The molecule has 2 rings (SSSR count). The molecule has 2 unspecified atom stereocenters. The quantitative estimate of drug-likeness (QED) is 0.903. The van der Waals surface area contributed by atoms with Gasteiger partial charge in [-0.3, -0.25) is 9.11 Å². The Kier molecular flexibility index (Phi) is 4.20. The Morgan fingerprint density at radius 1 is 1.39 bits per heavy atom. The highest BCUT2D eigenvalue weighted by molar-refractivity contribution is 7.86. The van der Waals surface area contributed by atoms with E-state index in [1.807, 2.05) is 44.2 Å². The van der Waals surface area contributed by atoms with Gasteiger partial charge in [0, 0.05) is 36.2 Å². The molecule has 0 spiro atoms. The van der Waals surface area contributed by atoms with E-state index in [2.05, 4.69) is 4.90 Å². The summed E-state index contributed by atoms with van der Waals surface area (Å²) in [5.74, 6) is 0.703. The number of hydrogen-bond donors (Lipinski definition) is 1. The first-order valence-electron chi connectivity index (χ1n) is 6.33. The molecule has 18 heavy (non-hydrogen) atoms. The van der Waals surface area contributed by atoms with Crippen LogP contribution in [0.2, 0.25) is 0 Å². The SMILES string of the molecule is CC1(C)CN(CC(O)c2ccccc2)CCS1=O. The number of rotatable bonds is 3. The molecule has 0 aliphatic carbocycles. The smallest absolute Gasteiger partial charge is 0.0916 e. The summed E-state index contributed by atoms with van der Waals surface area (Å²) >= 11 is 0. The maximum absolute atomic E-state index is 11.8. The first-order chi connectivity index (χ1) is 8.49. The van der Waals surface area contributed by atoms with Crippen LogP contribution in [0.25, 0.3) is 0 Å². The van der Waals surface area contributed by atoms with Gasteiger partial charge in [0.25, 0.3) is 0 Å². The van der Waals surface area contributed by atoms with E-state index in [0.717, 1.165) is 18.7 Å². The Labute approximate surface area is 111 Å². The molecule has 1 saturated heterocycles. The van der Waals surface area contributed by atoms with Gasteiger partial charge in [0.1, 0.15) is 0 Å². The van der Waals surface area contributed by atoms with Gasteiger partial charge in [-0.25, -0.2) is 0 Å². The largest absolute Gasteiger partial charge is 0.387 e. The van der Waals surface area contributed by atoms with Crippen molar-refractivity contribution in [1.82, 2.24) is 4.90 Å². The fraction of sp³-hybridized carbons (Fsp3) is 0.571. The summed E-state index contributed by atoms with van der Waals surface area (Å²) in [5.41, 5.74) is 0.946. The van der Waals surface area contributed by atoms with Crippen LogP contribution in [0, 0.1) is 0 Å². The molecule has 1 N–H and O–H groups in total. The standard InChI is InChI=1S/C14H21NO2S/c1-14(2)11-15(8-9-18(14)17)10-13(16)12-6-4-3-5-7-12/h3-7,13,16H,8-11H2,1-2H3. The molecule has 3 nitrogen and oxygen atoms in total. The molecule has 1 heterocycles. The van der Waals surface area contributed by atoms with E-state index >= 15 is 0 Å². The molecule has 0 radical (unpaired) electrons.